The predicted molar refractivity (Wildman–Crippen MR) is 66.8 cm³/mol. The van der Waals surface area contributed by atoms with Gasteiger partial charge < -0.3 is 4.74 Å². The second kappa shape index (κ2) is 5.30. The summed E-state index contributed by atoms with van der Waals surface area (Å²) in [6.45, 7) is 0.330. The Hall–Kier alpha value is -1.41. The monoisotopic (exact) mass is 287 g/mol. The van der Waals surface area contributed by atoms with Crippen molar-refractivity contribution in [3.63, 3.8) is 0 Å². The molecule has 0 radical (unpaired) electrons. The van der Waals surface area contributed by atoms with E-state index >= 15 is 0 Å². The van der Waals surface area contributed by atoms with Crippen LogP contribution in [0.4, 0.5) is 0 Å². The number of nitrogens with zero attached hydrogens (tertiary/aromatic N) is 3. The van der Waals surface area contributed by atoms with Gasteiger partial charge in [0.2, 0.25) is 10.0 Å². The van der Waals surface area contributed by atoms with Gasteiger partial charge in [-0.05, 0) is 19.3 Å². The fourth-order valence-corrected chi connectivity index (χ4v) is 3.86. The number of carbonyl (C=O) groups excluding carboxylic acids is 1. The number of sulfonamides is 1. The van der Waals surface area contributed by atoms with Crippen LogP contribution in [0.25, 0.3) is 0 Å². The Morgan fingerprint density at radius 2 is 2.21 bits per heavy atom. The Morgan fingerprint density at radius 1 is 1.47 bits per heavy atom. The fraction of sp³-hybridized carbons (Fsp3) is 0.636. The molecule has 1 aliphatic rings. The molecule has 0 unspecified atom stereocenters. The number of hydrogen-bond donors (Lipinski definition) is 0. The molecule has 1 aliphatic heterocycles. The third-order valence-corrected chi connectivity index (χ3v) is 5.08. The fourth-order valence-electron chi connectivity index (χ4n) is 2.23. The van der Waals surface area contributed by atoms with Gasteiger partial charge in [-0.15, -0.1) is 0 Å². The van der Waals surface area contributed by atoms with Gasteiger partial charge in [0.05, 0.1) is 13.3 Å². The topological polar surface area (TPSA) is 81.5 Å². The number of esters is 1. The summed E-state index contributed by atoms with van der Waals surface area (Å²) < 4.78 is 32.3. The number of aryl methyl sites for hydroxylation is 1. The predicted octanol–water partition coefficient (Wildman–Crippen LogP) is 0.136. The van der Waals surface area contributed by atoms with Gasteiger partial charge in [-0.2, -0.15) is 9.40 Å². The van der Waals surface area contributed by atoms with E-state index in [1.54, 1.807) is 7.05 Å². The highest BCUT2D eigenvalue weighted by atomic mass is 32.2. The van der Waals surface area contributed by atoms with Crippen molar-refractivity contribution in [1.82, 2.24) is 14.1 Å². The second-order valence-electron chi connectivity index (χ2n) is 4.50. The summed E-state index contributed by atoms with van der Waals surface area (Å²) in [7, 11) is -0.781. The van der Waals surface area contributed by atoms with Crippen molar-refractivity contribution in [2.24, 2.45) is 7.05 Å². The molecule has 0 aliphatic carbocycles. The summed E-state index contributed by atoms with van der Waals surface area (Å²) in [5.74, 6) is -0.507. The zero-order valence-electron chi connectivity index (χ0n) is 10.9. The number of methoxy groups -OCH3 is 1. The van der Waals surface area contributed by atoms with E-state index in [0.29, 0.717) is 13.0 Å². The molecule has 1 aromatic heterocycles. The van der Waals surface area contributed by atoms with Crippen LogP contribution in [0, 0.1) is 0 Å². The van der Waals surface area contributed by atoms with Crippen molar-refractivity contribution in [3.05, 3.63) is 12.4 Å². The molecule has 2 rings (SSSR count). The van der Waals surface area contributed by atoms with Crippen LogP contribution in [0.3, 0.4) is 0 Å². The maximum Gasteiger partial charge on any atom is 0.324 e. The van der Waals surface area contributed by atoms with E-state index in [0.717, 1.165) is 12.8 Å². The summed E-state index contributed by atoms with van der Waals surface area (Å²) in [5.41, 5.74) is 0. The molecule has 0 bridgehead atoms. The zero-order chi connectivity index (χ0) is 14.0. The number of piperidine rings is 1. The first-order valence-corrected chi connectivity index (χ1v) is 7.49. The molecule has 0 N–H and O–H groups in total. The van der Waals surface area contributed by atoms with Crippen LogP contribution in [0.1, 0.15) is 19.3 Å². The quantitative estimate of drug-likeness (QED) is 0.738. The van der Waals surface area contributed by atoms with Gasteiger partial charge in [-0.1, -0.05) is 0 Å². The highest BCUT2D eigenvalue weighted by Gasteiger charge is 2.38. The van der Waals surface area contributed by atoms with Gasteiger partial charge >= 0.3 is 5.97 Å². The lowest BCUT2D eigenvalue weighted by atomic mass is 10.1. The number of aromatic nitrogens is 2. The van der Waals surface area contributed by atoms with E-state index in [2.05, 4.69) is 5.10 Å². The van der Waals surface area contributed by atoms with Crippen molar-refractivity contribution in [2.45, 2.75) is 30.2 Å². The van der Waals surface area contributed by atoms with Gasteiger partial charge in [0, 0.05) is 19.8 Å². The SMILES string of the molecule is COC(=O)[C@@H]1CCCCN1S(=O)(=O)c1cnn(C)c1. The maximum absolute atomic E-state index is 12.5. The van der Waals surface area contributed by atoms with E-state index < -0.39 is 22.0 Å². The number of rotatable bonds is 3. The lowest BCUT2D eigenvalue weighted by Crippen LogP contribution is -2.48. The zero-order valence-corrected chi connectivity index (χ0v) is 11.8. The van der Waals surface area contributed by atoms with Gasteiger partial charge in [-0.25, -0.2) is 8.42 Å². The van der Waals surface area contributed by atoms with Crippen LogP contribution < -0.4 is 0 Å². The molecular weight excluding hydrogens is 270 g/mol. The van der Waals surface area contributed by atoms with E-state index in [4.69, 9.17) is 4.74 Å². The lowest BCUT2D eigenvalue weighted by molar-refractivity contribution is -0.146. The van der Waals surface area contributed by atoms with E-state index in [9.17, 15) is 13.2 Å². The average Bonchev–Trinajstić information content (AvgIpc) is 2.85. The second-order valence-corrected chi connectivity index (χ2v) is 6.39. The van der Waals surface area contributed by atoms with Crippen LogP contribution in [0.15, 0.2) is 17.3 Å². The van der Waals surface area contributed by atoms with Crippen LogP contribution in [0.5, 0.6) is 0 Å². The molecule has 1 atom stereocenters. The van der Waals surface area contributed by atoms with Gasteiger partial charge in [0.1, 0.15) is 10.9 Å². The summed E-state index contributed by atoms with van der Waals surface area (Å²) in [4.78, 5) is 11.8. The van der Waals surface area contributed by atoms with E-state index in [1.165, 1.54) is 28.5 Å². The average molecular weight is 287 g/mol. The highest BCUT2D eigenvalue weighted by molar-refractivity contribution is 7.89. The summed E-state index contributed by atoms with van der Waals surface area (Å²) in [6, 6.07) is -0.732. The minimum absolute atomic E-state index is 0.103. The molecule has 8 heteroatoms. The molecule has 1 fully saturated rings. The van der Waals surface area contributed by atoms with Gasteiger partial charge in [-0.3, -0.25) is 9.48 Å². The maximum atomic E-state index is 12.5. The first-order valence-electron chi connectivity index (χ1n) is 6.05. The molecule has 106 valence electrons. The van der Waals surface area contributed by atoms with Crippen LogP contribution in [0.2, 0.25) is 0 Å². The van der Waals surface area contributed by atoms with Crippen molar-refractivity contribution in [2.75, 3.05) is 13.7 Å². The molecule has 0 aromatic carbocycles. The van der Waals surface area contributed by atoms with Crippen molar-refractivity contribution in [1.29, 1.82) is 0 Å². The van der Waals surface area contributed by atoms with E-state index in [1.807, 2.05) is 0 Å². The lowest BCUT2D eigenvalue weighted by Gasteiger charge is -2.32. The first-order chi connectivity index (χ1) is 8.96. The van der Waals surface area contributed by atoms with Crippen molar-refractivity contribution < 1.29 is 17.9 Å². The smallest absolute Gasteiger partial charge is 0.324 e. The van der Waals surface area contributed by atoms with Crippen LogP contribution in [-0.4, -0.2) is 48.2 Å². The molecule has 1 aromatic rings. The van der Waals surface area contributed by atoms with Crippen molar-refractivity contribution in [3.8, 4) is 0 Å². The first kappa shape index (κ1) is 14.0. The molecule has 1 saturated heterocycles. The van der Waals surface area contributed by atoms with Gasteiger partial charge in [0.25, 0.3) is 0 Å². The number of carbonyl (C=O) groups is 1. The molecule has 19 heavy (non-hydrogen) atoms. The molecule has 0 saturated carbocycles. The minimum atomic E-state index is -3.70. The number of hydrogen-bond acceptors (Lipinski definition) is 5. The third kappa shape index (κ3) is 2.64. The molecule has 0 spiro atoms. The molecule has 7 nitrogen and oxygen atoms in total. The van der Waals surface area contributed by atoms with Gasteiger partial charge in [0.15, 0.2) is 0 Å². The molecular formula is C11H17N3O4S. The Kier molecular flexibility index (Phi) is 3.91. The third-order valence-electron chi connectivity index (χ3n) is 3.21. The Morgan fingerprint density at radius 3 is 2.79 bits per heavy atom. The molecule has 0 amide bonds. The van der Waals surface area contributed by atoms with Crippen molar-refractivity contribution >= 4 is 16.0 Å². The highest BCUT2D eigenvalue weighted by Crippen LogP contribution is 2.25. The molecule has 2 heterocycles. The van der Waals surface area contributed by atoms with Crippen LogP contribution in [-0.2, 0) is 26.6 Å². The summed E-state index contributed by atoms with van der Waals surface area (Å²) >= 11 is 0. The standard InChI is InChI=1S/C11H17N3O4S/c1-13-8-9(7-12-13)19(16,17)14-6-4-3-5-10(14)11(15)18-2/h7-8,10H,3-6H2,1-2H3/t10-/m0/s1. The normalized spacial score (nSPS) is 21.3. The minimum Gasteiger partial charge on any atom is -0.468 e. The Labute approximate surface area is 112 Å². The summed E-state index contributed by atoms with van der Waals surface area (Å²) in [5, 5.41) is 3.86. The van der Waals surface area contributed by atoms with Crippen LogP contribution >= 0.6 is 0 Å². The number of ether oxygens (including phenoxy) is 1. The van der Waals surface area contributed by atoms with E-state index in [-0.39, 0.29) is 4.90 Å². The Bertz CT molecular complexity index is 566. The largest absolute Gasteiger partial charge is 0.468 e. The summed E-state index contributed by atoms with van der Waals surface area (Å²) in [6.07, 6.45) is 4.77. The Balaban J connectivity index is 2.34.